The van der Waals surface area contributed by atoms with E-state index in [1.54, 1.807) is 0 Å². The number of carbonyl (C=O) groups is 2. The van der Waals surface area contributed by atoms with Crippen LogP contribution >= 0.6 is 0 Å². The number of carbonyl (C=O) groups excluding carboxylic acids is 2. The second kappa shape index (κ2) is 4.83. The highest BCUT2D eigenvalue weighted by Gasteiger charge is 1.88. The molecule has 4 heteroatoms. The fourth-order valence-corrected chi connectivity index (χ4v) is 0.214. The van der Waals surface area contributed by atoms with Crippen LogP contribution in [0.1, 0.15) is 0 Å². The van der Waals surface area contributed by atoms with Gasteiger partial charge in [-0.05, 0) is 6.08 Å². The highest BCUT2D eigenvalue weighted by molar-refractivity contribution is 5.70. The van der Waals surface area contributed by atoms with Gasteiger partial charge >= 0.3 is 6.09 Å². The first-order valence-corrected chi connectivity index (χ1v) is 2.26. The number of nitrogens with one attached hydrogen (secondary N) is 1. The third-order valence-electron chi connectivity index (χ3n) is 0.561. The van der Waals surface area contributed by atoms with Gasteiger partial charge in [-0.25, -0.2) is 4.79 Å². The zero-order chi connectivity index (χ0) is 7.11. The van der Waals surface area contributed by atoms with Gasteiger partial charge in [0.1, 0.15) is 6.29 Å². The normalized spacial score (nSPS) is 9.00. The largest absolute Gasteiger partial charge is 0.453 e. The van der Waals surface area contributed by atoms with Crippen LogP contribution in [0.5, 0.6) is 0 Å². The fraction of sp³-hybridized carbons (Fsp3) is 0.200. The Morgan fingerprint density at radius 2 is 2.33 bits per heavy atom. The van der Waals surface area contributed by atoms with Crippen molar-refractivity contribution in [3.8, 4) is 0 Å². The summed E-state index contributed by atoms with van der Waals surface area (Å²) in [5, 5.41) is 2.16. The Hall–Kier alpha value is -1.32. The van der Waals surface area contributed by atoms with Gasteiger partial charge in [0.25, 0.3) is 0 Å². The lowest BCUT2D eigenvalue weighted by atomic mass is 10.7. The summed E-state index contributed by atoms with van der Waals surface area (Å²) in [5.41, 5.74) is 0. The van der Waals surface area contributed by atoms with Crippen molar-refractivity contribution in [1.29, 1.82) is 0 Å². The average Bonchev–Trinajstić information content (AvgIpc) is 1.89. The molecule has 0 atom stereocenters. The highest BCUT2D eigenvalue weighted by Crippen LogP contribution is 1.69. The Bertz CT molecular complexity index is 130. The van der Waals surface area contributed by atoms with Crippen molar-refractivity contribution in [3.05, 3.63) is 12.3 Å². The molecule has 1 N–H and O–H groups in total. The first kappa shape index (κ1) is 7.68. The number of alkyl carbamates (subject to hydrolysis) is 1. The predicted molar refractivity (Wildman–Crippen MR) is 30.7 cm³/mol. The van der Waals surface area contributed by atoms with E-state index in [1.165, 1.54) is 13.3 Å². The molecular formula is C5H7NO3. The second-order valence-corrected chi connectivity index (χ2v) is 1.13. The molecule has 0 unspecified atom stereocenters. The van der Waals surface area contributed by atoms with Gasteiger partial charge in [-0.15, -0.1) is 0 Å². The summed E-state index contributed by atoms with van der Waals surface area (Å²) < 4.78 is 4.18. The molecule has 0 aromatic rings. The van der Waals surface area contributed by atoms with Crippen LogP contribution in [0.3, 0.4) is 0 Å². The first-order chi connectivity index (χ1) is 4.31. The molecule has 0 aliphatic carbocycles. The Morgan fingerprint density at radius 3 is 2.78 bits per heavy atom. The third kappa shape index (κ3) is 4.53. The molecule has 0 rings (SSSR count). The van der Waals surface area contributed by atoms with Gasteiger partial charge in [-0.3, -0.25) is 10.1 Å². The lowest BCUT2D eigenvalue weighted by Gasteiger charge is -1.92. The number of amides is 1. The van der Waals surface area contributed by atoms with Crippen LogP contribution in [0.25, 0.3) is 0 Å². The quantitative estimate of drug-likeness (QED) is 0.423. The maximum absolute atomic E-state index is 10.2. The van der Waals surface area contributed by atoms with Gasteiger partial charge < -0.3 is 4.74 Å². The second-order valence-electron chi connectivity index (χ2n) is 1.13. The summed E-state index contributed by atoms with van der Waals surface area (Å²) in [4.78, 5) is 19.8. The maximum atomic E-state index is 10.2. The SMILES string of the molecule is COC(=O)N/C=C/C=O. The van der Waals surface area contributed by atoms with Crippen molar-refractivity contribution in [1.82, 2.24) is 5.32 Å². The van der Waals surface area contributed by atoms with Crippen LogP contribution < -0.4 is 5.32 Å². The van der Waals surface area contributed by atoms with Crippen LogP contribution in [0.2, 0.25) is 0 Å². The number of methoxy groups -OCH3 is 1. The molecule has 0 saturated carbocycles. The van der Waals surface area contributed by atoms with E-state index in [1.807, 2.05) is 0 Å². The van der Waals surface area contributed by atoms with E-state index in [0.29, 0.717) is 6.29 Å². The van der Waals surface area contributed by atoms with E-state index in [4.69, 9.17) is 0 Å². The summed E-state index contributed by atoms with van der Waals surface area (Å²) in [6.07, 6.45) is 2.30. The van der Waals surface area contributed by atoms with E-state index in [0.717, 1.165) is 6.08 Å². The average molecular weight is 129 g/mol. The van der Waals surface area contributed by atoms with Gasteiger partial charge in [0.2, 0.25) is 0 Å². The molecule has 0 aromatic carbocycles. The fourth-order valence-electron chi connectivity index (χ4n) is 0.214. The first-order valence-electron chi connectivity index (χ1n) is 2.26. The Balaban J connectivity index is 3.37. The Morgan fingerprint density at radius 1 is 1.67 bits per heavy atom. The van der Waals surface area contributed by atoms with E-state index in [2.05, 4.69) is 10.1 Å². The van der Waals surface area contributed by atoms with Gasteiger partial charge in [0.15, 0.2) is 0 Å². The van der Waals surface area contributed by atoms with E-state index >= 15 is 0 Å². The molecule has 4 nitrogen and oxygen atoms in total. The van der Waals surface area contributed by atoms with Crippen molar-refractivity contribution in [2.24, 2.45) is 0 Å². The number of aldehydes is 1. The molecule has 0 radical (unpaired) electrons. The molecule has 1 amide bonds. The number of hydrogen-bond donors (Lipinski definition) is 1. The molecule has 9 heavy (non-hydrogen) atoms. The van der Waals surface area contributed by atoms with Gasteiger partial charge in [0.05, 0.1) is 7.11 Å². The third-order valence-corrected chi connectivity index (χ3v) is 0.561. The summed E-state index contributed by atoms with van der Waals surface area (Å²) >= 11 is 0. The molecule has 0 bridgehead atoms. The summed E-state index contributed by atoms with van der Waals surface area (Å²) in [7, 11) is 1.24. The van der Waals surface area contributed by atoms with Crippen LogP contribution in [0.4, 0.5) is 4.79 Å². The number of allylic oxidation sites excluding steroid dienone is 1. The monoisotopic (exact) mass is 129 g/mol. The summed E-state index contributed by atoms with van der Waals surface area (Å²) in [6, 6.07) is 0. The molecule has 50 valence electrons. The van der Waals surface area contributed by atoms with E-state index < -0.39 is 6.09 Å². The van der Waals surface area contributed by atoms with Crippen molar-refractivity contribution < 1.29 is 14.3 Å². The summed E-state index contributed by atoms with van der Waals surface area (Å²) in [5.74, 6) is 0. The standard InChI is InChI=1S/C5H7NO3/c1-9-5(8)6-3-2-4-7/h2-4H,1H3,(H,6,8)/b3-2+. The number of ether oxygens (including phenoxy) is 1. The Labute approximate surface area is 52.5 Å². The maximum Gasteiger partial charge on any atom is 0.410 e. The van der Waals surface area contributed by atoms with Gasteiger partial charge in [-0.2, -0.15) is 0 Å². The molecule has 0 fully saturated rings. The van der Waals surface area contributed by atoms with E-state index in [9.17, 15) is 9.59 Å². The van der Waals surface area contributed by atoms with Gasteiger partial charge in [0, 0.05) is 6.20 Å². The molecular weight excluding hydrogens is 122 g/mol. The smallest absolute Gasteiger partial charge is 0.410 e. The van der Waals surface area contributed by atoms with Crippen molar-refractivity contribution in [2.75, 3.05) is 7.11 Å². The number of rotatable bonds is 2. The van der Waals surface area contributed by atoms with E-state index in [-0.39, 0.29) is 0 Å². The molecule has 0 spiro atoms. The zero-order valence-electron chi connectivity index (χ0n) is 4.96. The molecule has 0 aromatic heterocycles. The van der Waals surface area contributed by atoms with Crippen LogP contribution in [-0.2, 0) is 9.53 Å². The highest BCUT2D eigenvalue weighted by atomic mass is 16.5. The minimum absolute atomic E-state index is 0.552. The van der Waals surface area contributed by atoms with Crippen LogP contribution in [0.15, 0.2) is 12.3 Å². The summed E-state index contributed by atoms with van der Waals surface area (Å²) in [6.45, 7) is 0. The lowest BCUT2D eigenvalue weighted by Crippen LogP contribution is -2.15. The predicted octanol–water partition coefficient (Wildman–Crippen LogP) is 0.0550. The van der Waals surface area contributed by atoms with Crippen molar-refractivity contribution in [3.63, 3.8) is 0 Å². The minimum atomic E-state index is -0.590. The van der Waals surface area contributed by atoms with Crippen molar-refractivity contribution >= 4 is 12.4 Å². The zero-order valence-corrected chi connectivity index (χ0v) is 4.96. The lowest BCUT2D eigenvalue weighted by molar-refractivity contribution is -0.104. The topological polar surface area (TPSA) is 55.4 Å². The number of hydrogen-bond acceptors (Lipinski definition) is 3. The Kier molecular flexibility index (Phi) is 4.12. The van der Waals surface area contributed by atoms with Gasteiger partial charge in [-0.1, -0.05) is 0 Å². The molecule has 0 heterocycles. The van der Waals surface area contributed by atoms with Crippen LogP contribution in [-0.4, -0.2) is 19.5 Å². The molecule has 0 saturated heterocycles. The molecule has 0 aliphatic rings. The minimum Gasteiger partial charge on any atom is -0.453 e. The van der Waals surface area contributed by atoms with Crippen molar-refractivity contribution in [2.45, 2.75) is 0 Å². The van der Waals surface area contributed by atoms with Crippen LogP contribution in [0, 0.1) is 0 Å². The molecule has 0 aliphatic heterocycles.